The molecule has 0 aliphatic carbocycles. The summed E-state index contributed by atoms with van der Waals surface area (Å²) in [5.41, 5.74) is 4.63. The molecule has 4 atom stereocenters. The number of nitrogens with zero attached hydrogens (tertiary/aromatic N) is 3. The normalized spacial score (nSPS) is 22.9. The molecule has 0 unspecified atom stereocenters. The second-order valence-electron chi connectivity index (χ2n) is 8.82. The van der Waals surface area contributed by atoms with Crippen molar-refractivity contribution in [1.29, 1.82) is 0 Å². The number of aryl methyl sites for hydroxylation is 3. The molecule has 0 amide bonds. The second kappa shape index (κ2) is 12.0. The monoisotopic (exact) mass is 473 g/mol. The fraction of sp³-hybridized carbons (Fsp3) is 0.600. The van der Waals surface area contributed by atoms with E-state index in [0.29, 0.717) is 6.42 Å². The van der Waals surface area contributed by atoms with E-state index in [4.69, 9.17) is 24.0 Å². The first kappa shape index (κ1) is 25.7. The zero-order valence-electron chi connectivity index (χ0n) is 20.7. The zero-order chi connectivity index (χ0) is 24.7. The van der Waals surface area contributed by atoms with Crippen molar-refractivity contribution in [1.82, 2.24) is 4.98 Å². The van der Waals surface area contributed by atoms with Gasteiger partial charge in [-0.25, -0.2) is 0 Å². The van der Waals surface area contributed by atoms with Gasteiger partial charge in [-0.2, -0.15) is 0 Å². The average Bonchev–Trinajstić information content (AvgIpc) is 2.77. The maximum atomic E-state index is 11.3. The lowest BCUT2D eigenvalue weighted by atomic mass is 10.0. The molecule has 34 heavy (non-hydrogen) atoms. The van der Waals surface area contributed by atoms with E-state index in [1.54, 1.807) is 12.3 Å². The summed E-state index contributed by atoms with van der Waals surface area (Å²) in [6.45, 7) is 10.5. The van der Waals surface area contributed by atoms with Crippen LogP contribution in [0.25, 0.3) is 0 Å². The Bertz CT molecular complexity index is 931. The molecule has 2 aliphatic heterocycles. The van der Waals surface area contributed by atoms with E-state index in [1.807, 2.05) is 13.0 Å². The van der Waals surface area contributed by atoms with Gasteiger partial charge in [-0.3, -0.25) is 14.6 Å². The lowest BCUT2D eigenvalue weighted by Gasteiger charge is -2.32. The minimum atomic E-state index is -0.601. The van der Waals surface area contributed by atoms with Crippen LogP contribution in [-0.2, 0) is 35.1 Å². The van der Waals surface area contributed by atoms with Gasteiger partial charge in [0.25, 0.3) is 0 Å². The third-order valence-electron chi connectivity index (χ3n) is 5.82. The van der Waals surface area contributed by atoms with Crippen molar-refractivity contribution < 1.29 is 28.6 Å². The van der Waals surface area contributed by atoms with Crippen LogP contribution in [0.1, 0.15) is 50.6 Å². The summed E-state index contributed by atoms with van der Waals surface area (Å²) in [6, 6.07) is 2.22. The number of rotatable bonds is 9. The molecule has 3 heterocycles. The van der Waals surface area contributed by atoms with Gasteiger partial charge in [-0.05, 0) is 51.3 Å². The summed E-state index contributed by atoms with van der Waals surface area (Å²) >= 11 is 0. The molecule has 0 N–H and O–H groups in total. The maximum Gasteiger partial charge on any atom is 0.303 e. The molecule has 0 aromatic carbocycles. The predicted octanol–water partition coefficient (Wildman–Crippen LogP) is 3.05. The standard InChI is InChI=1S/C25H35N3O6/c1-16-13-23-22(27-18(16)3)7-6-12-28(23)14-17(2)34-26-11-10-21-8-9-24(32-20(5)30)25(33-21)15-31-19(4)29/h8-9,11,13,17,21,24-25H,6-7,10,12,14-15H2,1-5H3/t17-,21-,24-,25+/m0/s1. The molecular formula is C25H35N3O6. The van der Waals surface area contributed by atoms with Crippen LogP contribution in [0.3, 0.4) is 0 Å². The topological polar surface area (TPSA) is 99.6 Å². The number of esters is 2. The van der Waals surface area contributed by atoms with E-state index in [9.17, 15) is 9.59 Å². The summed E-state index contributed by atoms with van der Waals surface area (Å²) in [4.78, 5) is 35.2. The van der Waals surface area contributed by atoms with Crippen LogP contribution < -0.4 is 4.90 Å². The maximum absolute atomic E-state index is 11.3. The Morgan fingerprint density at radius 1 is 1.29 bits per heavy atom. The Morgan fingerprint density at radius 3 is 2.82 bits per heavy atom. The highest BCUT2D eigenvalue weighted by Gasteiger charge is 2.30. The second-order valence-corrected chi connectivity index (χ2v) is 8.82. The number of carbonyl (C=O) groups is 2. The van der Waals surface area contributed by atoms with Crippen molar-refractivity contribution in [3.63, 3.8) is 0 Å². The molecule has 2 aliphatic rings. The highest BCUT2D eigenvalue weighted by Crippen LogP contribution is 2.28. The summed E-state index contributed by atoms with van der Waals surface area (Å²) in [5, 5.41) is 4.13. The molecular weight excluding hydrogens is 438 g/mol. The zero-order valence-corrected chi connectivity index (χ0v) is 20.7. The molecule has 9 nitrogen and oxygen atoms in total. The van der Waals surface area contributed by atoms with Crippen molar-refractivity contribution in [2.75, 3.05) is 24.6 Å². The van der Waals surface area contributed by atoms with Gasteiger partial charge in [-0.1, -0.05) is 11.2 Å². The van der Waals surface area contributed by atoms with Crippen molar-refractivity contribution in [2.24, 2.45) is 5.16 Å². The fourth-order valence-electron chi connectivity index (χ4n) is 4.06. The average molecular weight is 474 g/mol. The Kier molecular flexibility index (Phi) is 9.04. The van der Waals surface area contributed by atoms with Crippen molar-refractivity contribution >= 4 is 23.8 Å². The summed E-state index contributed by atoms with van der Waals surface area (Å²) in [6.07, 6.45) is 6.23. The Morgan fingerprint density at radius 2 is 2.09 bits per heavy atom. The van der Waals surface area contributed by atoms with Gasteiger partial charge in [0.1, 0.15) is 24.9 Å². The summed E-state index contributed by atoms with van der Waals surface area (Å²) < 4.78 is 16.2. The van der Waals surface area contributed by atoms with Crippen LogP contribution in [0.15, 0.2) is 23.4 Å². The molecule has 0 fully saturated rings. The first-order valence-electron chi connectivity index (χ1n) is 11.8. The summed E-state index contributed by atoms with van der Waals surface area (Å²) in [7, 11) is 0. The molecule has 3 rings (SSSR count). The first-order valence-corrected chi connectivity index (χ1v) is 11.8. The minimum Gasteiger partial charge on any atom is -0.463 e. The molecule has 1 aromatic heterocycles. The smallest absolute Gasteiger partial charge is 0.303 e. The van der Waals surface area contributed by atoms with Gasteiger partial charge >= 0.3 is 11.9 Å². The SMILES string of the molecule is CC(=O)OC[C@H]1O[C@H](CC=NO[C@@H](C)CN2CCCc3nc(C)c(C)cc32)C=C[C@@H]1OC(C)=O. The van der Waals surface area contributed by atoms with E-state index in [0.717, 1.165) is 37.3 Å². The Labute approximate surface area is 201 Å². The van der Waals surface area contributed by atoms with E-state index in [1.165, 1.54) is 25.1 Å². The lowest BCUT2D eigenvalue weighted by Crippen LogP contribution is -2.41. The molecule has 0 bridgehead atoms. The van der Waals surface area contributed by atoms with Crippen LogP contribution in [0, 0.1) is 13.8 Å². The first-order chi connectivity index (χ1) is 16.2. The van der Waals surface area contributed by atoms with Crippen LogP contribution in [0.5, 0.6) is 0 Å². The predicted molar refractivity (Wildman–Crippen MR) is 128 cm³/mol. The molecule has 0 saturated carbocycles. The number of anilines is 1. The Hall–Kier alpha value is -2.94. The van der Waals surface area contributed by atoms with Gasteiger partial charge in [0, 0.05) is 38.7 Å². The van der Waals surface area contributed by atoms with Gasteiger partial charge in [0.05, 0.1) is 24.0 Å². The Balaban J connectivity index is 1.50. The van der Waals surface area contributed by atoms with Crippen LogP contribution in [0.4, 0.5) is 5.69 Å². The van der Waals surface area contributed by atoms with Gasteiger partial charge in [-0.15, -0.1) is 0 Å². The van der Waals surface area contributed by atoms with E-state index in [-0.39, 0.29) is 18.8 Å². The van der Waals surface area contributed by atoms with Crippen LogP contribution in [0.2, 0.25) is 0 Å². The van der Waals surface area contributed by atoms with Crippen LogP contribution in [-0.4, -0.2) is 67.2 Å². The number of oxime groups is 1. The van der Waals surface area contributed by atoms with E-state index < -0.39 is 24.1 Å². The van der Waals surface area contributed by atoms with Gasteiger partial charge < -0.3 is 23.9 Å². The number of hydrogen-bond donors (Lipinski definition) is 0. The lowest BCUT2D eigenvalue weighted by molar-refractivity contribution is -0.162. The number of carbonyl (C=O) groups excluding carboxylic acids is 2. The van der Waals surface area contributed by atoms with Crippen molar-refractivity contribution in [3.8, 4) is 0 Å². The largest absolute Gasteiger partial charge is 0.463 e. The number of fused-ring (bicyclic) bond motifs is 1. The van der Waals surface area contributed by atoms with Crippen molar-refractivity contribution in [3.05, 3.63) is 35.2 Å². The molecule has 0 saturated heterocycles. The highest BCUT2D eigenvalue weighted by atomic mass is 16.6. The number of pyridine rings is 1. The fourth-order valence-corrected chi connectivity index (χ4v) is 4.06. The van der Waals surface area contributed by atoms with E-state index >= 15 is 0 Å². The van der Waals surface area contributed by atoms with Crippen LogP contribution >= 0.6 is 0 Å². The highest BCUT2D eigenvalue weighted by molar-refractivity contribution is 5.67. The molecule has 186 valence electrons. The molecule has 9 heteroatoms. The third kappa shape index (κ3) is 7.28. The van der Waals surface area contributed by atoms with E-state index in [2.05, 4.69) is 30.0 Å². The number of hydrogen-bond acceptors (Lipinski definition) is 9. The minimum absolute atomic E-state index is 0.00393. The number of ether oxygens (including phenoxy) is 3. The van der Waals surface area contributed by atoms with Gasteiger partial charge in [0.15, 0.2) is 0 Å². The molecule has 0 spiro atoms. The third-order valence-corrected chi connectivity index (χ3v) is 5.82. The summed E-state index contributed by atoms with van der Waals surface area (Å²) in [5.74, 6) is -0.844. The quantitative estimate of drug-likeness (QED) is 0.234. The number of aromatic nitrogens is 1. The molecule has 0 radical (unpaired) electrons. The van der Waals surface area contributed by atoms with Gasteiger partial charge in [0.2, 0.25) is 0 Å². The van der Waals surface area contributed by atoms with Crippen molar-refractivity contribution in [2.45, 2.75) is 78.3 Å². The molecule has 1 aromatic rings.